The SMILES string of the molecule is NCc1c(F)ccc2c1OCO2. The van der Waals surface area contributed by atoms with Gasteiger partial charge in [0, 0.05) is 12.1 Å². The molecular weight excluding hydrogens is 161 g/mol. The molecule has 2 rings (SSSR count). The van der Waals surface area contributed by atoms with Crippen LogP contribution in [0.3, 0.4) is 0 Å². The summed E-state index contributed by atoms with van der Waals surface area (Å²) in [4.78, 5) is 0. The van der Waals surface area contributed by atoms with Crippen molar-refractivity contribution in [1.82, 2.24) is 0 Å². The highest BCUT2D eigenvalue weighted by Crippen LogP contribution is 2.36. The Kier molecular flexibility index (Phi) is 1.62. The Bertz CT molecular complexity index is 314. The molecule has 12 heavy (non-hydrogen) atoms. The minimum atomic E-state index is -0.346. The van der Waals surface area contributed by atoms with Gasteiger partial charge in [-0.25, -0.2) is 4.39 Å². The second kappa shape index (κ2) is 2.64. The molecule has 0 amide bonds. The zero-order chi connectivity index (χ0) is 8.55. The average Bonchev–Trinajstić information content (AvgIpc) is 2.52. The molecule has 0 atom stereocenters. The Morgan fingerprint density at radius 2 is 2.25 bits per heavy atom. The number of benzene rings is 1. The topological polar surface area (TPSA) is 44.5 Å². The van der Waals surface area contributed by atoms with Crippen molar-refractivity contribution in [2.24, 2.45) is 5.73 Å². The Balaban J connectivity index is 2.57. The number of hydrogen-bond donors (Lipinski definition) is 1. The lowest BCUT2D eigenvalue weighted by molar-refractivity contribution is 0.173. The van der Waals surface area contributed by atoms with E-state index < -0.39 is 0 Å². The number of fused-ring (bicyclic) bond motifs is 1. The second-order valence-corrected chi connectivity index (χ2v) is 2.46. The Labute approximate surface area is 68.9 Å². The monoisotopic (exact) mass is 169 g/mol. The van der Waals surface area contributed by atoms with Crippen molar-refractivity contribution >= 4 is 0 Å². The van der Waals surface area contributed by atoms with E-state index in [9.17, 15) is 4.39 Å². The summed E-state index contributed by atoms with van der Waals surface area (Å²) in [7, 11) is 0. The van der Waals surface area contributed by atoms with Crippen molar-refractivity contribution in [2.45, 2.75) is 6.54 Å². The summed E-state index contributed by atoms with van der Waals surface area (Å²) < 4.78 is 23.1. The summed E-state index contributed by atoms with van der Waals surface area (Å²) in [5, 5.41) is 0. The molecule has 64 valence electrons. The van der Waals surface area contributed by atoms with Gasteiger partial charge in [-0.05, 0) is 12.1 Å². The molecule has 0 saturated carbocycles. The van der Waals surface area contributed by atoms with Crippen LogP contribution in [0.5, 0.6) is 11.5 Å². The van der Waals surface area contributed by atoms with Crippen LogP contribution in [-0.2, 0) is 6.54 Å². The van der Waals surface area contributed by atoms with E-state index in [1.165, 1.54) is 12.1 Å². The summed E-state index contributed by atoms with van der Waals surface area (Å²) in [6, 6.07) is 2.87. The van der Waals surface area contributed by atoms with E-state index >= 15 is 0 Å². The van der Waals surface area contributed by atoms with Gasteiger partial charge in [0.25, 0.3) is 0 Å². The highest BCUT2D eigenvalue weighted by Gasteiger charge is 2.19. The van der Waals surface area contributed by atoms with Crippen LogP contribution in [-0.4, -0.2) is 6.79 Å². The van der Waals surface area contributed by atoms with Crippen LogP contribution >= 0.6 is 0 Å². The van der Waals surface area contributed by atoms with E-state index in [-0.39, 0.29) is 19.2 Å². The van der Waals surface area contributed by atoms with Crippen LogP contribution in [0.25, 0.3) is 0 Å². The normalized spacial score (nSPS) is 13.5. The third-order valence-electron chi connectivity index (χ3n) is 1.79. The molecule has 0 spiro atoms. The van der Waals surface area contributed by atoms with Crippen LogP contribution in [0.4, 0.5) is 4.39 Å². The molecule has 0 unspecified atom stereocenters. The first-order valence-electron chi connectivity index (χ1n) is 3.60. The predicted octanol–water partition coefficient (Wildman–Crippen LogP) is 1.01. The van der Waals surface area contributed by atoms with Gasteiger partial charge in [0.2, 0.25) is 6.79 Å². The predicted molar refractivity (Wildman–Crippen MR) is 40.4 cm³/mol. The van der Waals surface area contributed by atoms with Gasteiger partial charge in [0.1, 0.15) is 5.82 Å². The summed E-state index contributed by atoms with van der Waals surface area (Å²) in [6.45, 7) is 0.268. The van der Waals surface area contributed by atoms with Crippen LogP contribution in [0.15, 0.2) is 12.1 Å². The van der Waals surface area contributed by atoms with Gasteiger partial charge >= 0.3 is 0 Å². The van der Waals surface area contributed by atoms with Gasteiger partial charge in [-0.1, -0.05) is 0 Å². The molecule has 1 aliphatic heterocycles. The largest absolute Gasteiger partial charge is 0.454 e. The first kappa shape index (κ1) is 7.36. The smallest absolute Gasteiger partial charge is 0.231 e. The van der Waals surface area contributed by atoms with Crippen molar-refractivity contribution in [2.75, 3.05) is 6.79 Å². The summed E-state index contributed by atoms with van der Waals surface area (Å²) >= 11 is 0. The molecule has 4 heteroatoms. The van der Waals surface area contributed by atoms with Crippen LogP contribution in [0.1, 0.15) is 5.56 Å². The minimum absolute atomic E-state index is 0.123. The standard InChI is InChI=1S/C8H8FNO2/c9-6-1-2-7-8(5(6)3-10)12-4-11-7/h1-2H,3-4,10H2. The fourth-order valence-corrected chi connectivity index (χ4v) is 1.20. The van der Waals surface area contributed by atoms with E-state index in [1.807, 2.05) is 0 Å². The van der Waals surface area contributed by atoms with Gasteiger partial charge < -0.3 is 15.2 Å². The van der Waals surface area contributed by atoms with Crippen molar-refractivity contribution in [3.8, 4) is 11.5 Å². The molecule has 3 nitrogen and oxygen atoms in total. The van der Waals surface area contributed by atoms with Crippen molar-refractivity contribution < 1.29 is 13.9 Å². The molecule has 0 bridgehead atoms. The van der Waals surface area contributed by atoms with Crippen LogP contribution in [0.2, 0.25) is 0 Å². The molecule has 1 aromatic carbocycles. The highest BCUT2D eigenvalue weighted by molar-refractivity contribution is 5.48. The molecule has 0 aliphatic carbocycles. The zero-order valence-electron chi connectivity index (χ0n) is 6.34. The van der Waals surface area contributed by atoms with Crippen molar-refractivity contribution in [1.29, 1.82) is 0 Å². The van der Waals surface area contributed by atoms with E-state index in [2.05, 4.69) is 0 Å². The lowest BCUT2D eigenvalue weighted by Gasteiger charge is -2.03. The zero-order valence-corrected chi connectivity index (χ0v) is 6.34. The maximum absolute atomic E-state index is 13.0. The Morgan fingerprint density at radius 3 is 3.00 bits per heavy atom. The Morgan fingerprint density at radius 1 is 1.42 bits per heavy atom. The molecule has 1 heterocycles. The number of rotatable bonds is 1. The van der Waals surface area contributed by atoms with E-state index in [4.69, 9.17) is 15.2 Å². The number of ether oxygens (including phenoxy) is 2. The average molecular weight is 169 g/mol. The summed E-state index contributed by atoms with van der Waals surface area (Å²) in [5.41, 5.74) is 5.73. The molecule has 0 fully saturated rings. The maximum Gasteiger partial charge on any atom is 0.231 e. The fraction of sp³-hybridized carbons (Fsp3) is 0.250. The van der Waals surface area contributed by atoms with Gasteiger partial charge in [-0.3, -0.25) is 0 Å². The molecule has 0 radical (unpaired) electrons. The van der Waals surface area contributed by atoms with Gasteiger partial charge in [0.05, 0.1) is 0 Å². The fourth-order valence-electron chi connectivity index (χ4n) is 1.20. The molecule has 2 N–H and O–H groups in total. The molecule has 0 saturated heterocycles. The molecular formula is C8H8FNO2. The van der Waals surface area contributed by atoms with Crippen molar-refractivity contribution in [3.63, 3.8) is 0 Å². The molecule has 0 aromatic heterocycles. The minimum Gasteiger partial charge on any atom is -0.454 e. The van der Waals surface area contributed by atoms with Crippen LogP contribution in [0, 0.1) is 5.82 Å². The third-order valence-corrected chi connectivity index (χ3v) is 1.79. The molecule has 1 aromatic rings. The highest BCUT2D eigenvalue weighted by atomic mass is 19.1. The third kappa shape index (κ3) is 0.921. The van der Waals surface area contributed by atoms with Gasteiger partial charge in [-0.15, -0.1) is 0 Å². The van der Waals surface area contributed by atoms with Gasteiger partial charge in [-0.2, -0.15) is 0 Å². The molecule has 1 aliphatic rings. The van der Waals surface area contributed by atoms with E-state index in [1.54, 1.807) is 0 Å². The lowest BCUT2D eigenvalue weighted by atomic mass is 10.2. The summed E-state index contributed by atoms with van der Waals surface area (Å²) in [5.74, 6) is 0.663. The number of nitrogens with two attached hydrogens (primary N) is 1. The number of halogens is 1. The lowest BCUT2D eigenvalue weighted by Crippen LogP contribution is -2.01. The van der Waals surface area contributed by atoms with Crippen molar-refractivity contribution in [3.05, 3.63) is 23.5 Å². The quantitative estimate of drug-likeness (QED) is 0.682. The number of hydrogen-bond acceptors (Lipinski definition) is 3. The van der Waals surface area contributed by atoms with E-state index in [0.717, 1.165) is 0 Å². The maximum atomic E-state index is 13.0. The van der Waals surface area contributed by atoms with Crippen LogP contribution < -0.4 is 15.2 Å². The van der Waals surface area contributed by atoms with E-state index in [0.29, 0.717) is 17.1 Å². The first-order valence-corrected chi connectivity index (χ1v) is 3.60. The van der Waals surface area contributed by atoms with Gasteiger partial charge in [0.15, 0.2) is 11.5 Å². The Hall–Kier alpha value is -1.29. The second-order valence-electron chi connectivity index (χ2n) is 2.46. The summed E-state index contributed by atoms with van der Waals surface area (Å²) in [6.07, 6.45) is 0. The first-order chi connectivity index (χ1) is 5.83.